The van der Waals surface area contributed by atoms with Crippen molar-refractivity contribution < 1.29 is 24.3 Å². The van der Waals surface area contributed by atoms with E-state index < -0.39 is 23.3 Å². The fraction of sp³-hybridized carbons (Fsp3) is 0.414. The first-order chi connectivity index (χ1) is 18.2. The minimum Gasteiger partial charge on any atom is -0.378 e. The normalized spacial score (nSPS) is 15.5. The van der Waals surface area contributed by atoms with Gasteiger partial charge in [-0.1, -0.05) is 24.0 Å². The zero-order valence-electron chi connectivity index (χ0n) is 22.4. The second-order valence-corrected chi connectivity index (χ2v) is 9.41. The van der Waals surface area contributed by atoms with E-state index in [2.05, 4.69) is 34.2 Å². The number of benzene rings is 2. The maximum atomic E-state index is 13.0. The van der Waals surface area contributed by atoms with Crippen molar-refractivity contribution in [1.82, 2.24) is 20.6 Å². The van der Waals surface area contributed by atoms with Gasteiger partial charge in [-0.25, -0.2) is 5.48 Å². The van der Waals surface area contributed by atoms with Crippen LogP contribution in [0, 0.1) is 11.8 Å². The lowest BCUT2D eigenvalue weighted by Crippen LogP contribution is -2.64. The van der Waals surface area contributed by atoms with Crippen LogP contribution in [0.5, 0.6) is 0 Å². The maximum absolute atomic E-state index is 13.0. The first kappa shape index (κ1) is 28.9. The third kappa shape index (κ3) is 6.78. The quantitative estimate of drug-likeness (QED) is 0.213. The molecule has 1 fully saturated rings. The van der Waals surface area contributed by atoms with Gasteiger partial charge in [-0.2, -0.15) is 0 Å². The Morgan fingerprint density at radius 2 is 1.58 bits per heavy atom. The Balaban J connectivity index is 1.62. The molecule has 0 aromatic heterocycles. The van der Waals surface area contributed by atoms with Gasteiger partial charge in [0.25, 0.3) is 17.7 Å². The van der Waals surface area contributed by atoms with Gasteiger partial charge in [0.2, 0.25) is 0 Å². The molecule has 0 bridgehead atoms. The molecule has 0 spiro atoms. The summed E-state index contributed by atoms with van der Waals surface area (Å²) in [5, 5.41) is 11.4. The molecule has 2 aromatic rings. The molecule has 0 aliphatic carbocycles. The van der Waals surface area contributed by atoms with Crippen molar-refractivity contribution in [3.8, 4) is 11.8 Å². The van der Waals surface area contributed by atoms with Crippen molar-refractivity contribution >= 4 is 17.7 Å². The summed E-state index contributed by atoms with van der Waals surface area (Å²) in [6, 6.07) is 14.8. The number of likely N-dealkylation sites (tertiary alicyclic amines) is 1. The van der Waals surface area contributed by atoms with Crippen LogP contribution in [0.25, 0.3) is 0 Å². The van der Waals surface area contributed by atoms with Crippen molar-refractivity contribution in [2.45, 2.75) is 44.9 Å². The number of nitrogens with one attached hydrogen (secondary N) is 2. The first-order valence-electron chi connectivity index (χ1n) is 12.7. The Hall–Kier alpha value is -3.71. The minimum atomic E-state index is -1.94. The molecule has 0 saturated carbocycles. The third-order valence-electron chi connectivity index (χ3n) is 6.97. The molecule has 1 heterocycles. The summed E-state index contributed by atoms with van der Waals surface area (Å²) in [5.41, 5.74) is 2.64. The van der Waals surface area contributed by atoms with E-state index >= 15 is 0 Å². The van der Waals surface area contributed by atoms with E-state index in [-0.39, 0.29) is 5.56 Å². The van der Waals surface area contributed by atoms with Gasteiger partial charge in [0.1, 0.15) is 0 Å². The number of ether oxygens (including phenoxy) is 1. The van der Waals surface area contributed by atoms with Gasteiger partial charge in [-0.05, 0) is 68.7 Å². The number of carbonyl (C=O) groups is 3. The Labute approximate surface area is 224 Å². The summed E-state index contributed by atoms with van der Waals surface area (Å²) in [4.78, 5) is 41.0. The number of rotatable bonds is 8. The van der Waals surface area contributed by atoms with Crippen LogP contribution in [0.15, 0.2) is 48.5 Å². The largest absolute Gasteiger partial charge is 0.378 e. The Morgan fingerprint density at radius 1 is 1.03 bits per heavy atom. The van der Waals surface area contributed by atoms with E-state index in [0.29, 0.717) is 11.7 Å². The molecular formula is C29H36N4O5. The van der Waals surface area contributed by atoms with Crippen molar-refractivity contribution in [3.05, 3.63) is 70.8 Å². The average molecular weight is 521 g/mol. The summed E-state index contributed by atoms with van der Waals surface area (Å²) in [6.07, 6.45) is 2.53. The summed E-state index contributed by atoms with van der Waals surface area (Å²) < 4.78 is 5.73. The Bertz CT molecular complexity index is 1160. The monoisotopic (exact) mass is 520 g/mol. The summed E-state index contributed by atoms with van der Waals surface area (Å²) in [5.74, 6) is 3.93. The number of hydroxylamine groups is 1. The molecule has 0 radical (unpaired) electrons. The van der Waals surface area contributed by atoms with Crippen LogP contribution >= 0.6 is 0 Å². The molecule has 3 amide bonds. The Kier molecular flexibility index (Phi) is 10.0. The molecule has 38 heavy (non-hydrogen) atoms. The molecule has 2 aromatic carbocycles. The first-order valence-corrected chi connectivity index (χ1v) is 12.7. The number of carbonyl (C=O) groups excluding carboxylic acids is 3. The van der Waals surface area contributed by atoms with Crippen molar-refractivity contribution in [1.29, 1.82) is 0 Å². The molecule has 3 N–H and O–H groups in total. The number of hydrogen-bond acceptors (Lipinski definition) is 6. The fourth-order valence-electron chi connectivity index (χ4n) is 4.42. The number of nitrogens with zero attached hydrogens (tertiary/aromatic N) is 2. The minimum absolute atomic E-state index is 0.272. The number of amides is 3. The van der Waals surface area contributed by atoms with Gasteiger partial charge < -0.3 is 15.0 Å². The predicted molar refractivity (Wildman–Crippen MR) is 143 cm³/mol. The van der Waals surface area contributed by atoms with Crippen LogP contribution in [0.4, 0.5) is 0 Å². The van der Waals surface area contributed by atoms with Crippen LogP contribution in [0.2, 0.25) is 0 Å². The molecular weight excluding hydrogens is 484 g/mol. The van der Waals surface area contributed by atoms with Crippen molar-refractivity contribution in [3.63, 3.8) is 0 Å². The van der Waals surface area contributed by atoms with E-state index in [1.165, 1.54) is 32.1 Å². The molecule has 1 aliphatic heterocycles. The van der Waals surface area contributed by atoms with E-state index in [1.807, 2.05) is 19.1 Å². The molecule has 9 nitrogen and oxygen atoms in total. The number of piperidine rings is 1. The predicted octanol–water partition coefficient (Wildman–Crippen LogP) is 2.17. The molecule has 1 atom stereocenters. The lowest BCUT2D eigenvalue weighted by Gasteiger charge is -2.34. The molecule has 9 heteroatoms. The molecule has 202 valence electrons. The van der Waals surface area contributed by atoms with E-state index in [9.17, 15) is 14.4 Å². The highest BCUT2D eigenvalue weighted by Gasteiger charge is 2.47. The lowest BCUT2D eigenvalue weighted by atomic mass is 9.96. The van der Waals surface area contributed by atoms with E-state index in [1.54, 1.807) is 24.3 Å². The highest BCUT2D eigenvalue weighted by atomic mass is 16.5. The SMILES string of the molecule is CCOC1CCN(Cc2ccc(C#Cc3ccc(C(=O)N(C)[C@@](C)(C(=O)NC)C(=O)NO)cc3)cc2)CC1. The highest BCUT2D eigenvalue weighted by Crippen LogP contribution is 2.19. The summed E-state index contributed by atoms with van der Waals surface area (Å²) in [7, 11) is 2.67. The molecule has 1 saturated heterocycles. The average Bonchev–Trinajstić information content (AvgIpc) is 2.96. The number of likely N-dealkylation sites (N-methyl/N-ethyl adjacent to an activating group) is 2. The van der Waals surface area contributed by atoms with Gasteiger partial charge >= 0.3 is 0 Å². The zero-order valence-corrected chi connectivity index (χ0v) is 22.4. The van der Waals surface area contributed by atoms with Crippen LogP contribution in [0.1, 0.15) is 53.7 Å². The van der Waals surface area contributed by atoms with Crippen molar-refractivity contribution in [2.75, 3.05) is 33.8 Å². The molecule has 3 rings (SSSR count). The van der Waals surface area contributed by atoms with Crippen LogP contribution in [-0.4, -0.2) is 78.2 Å². The molecule has 0 unspecified atom stereocenters. The third-order valence-corrected chi connectivity index (χ3v) is 6.97. The summed E-state index contributed by atoms with van der Waals surface area (Å²) >= 11 is 0. The molecule has 1 aliphatic rings. The van der Waals surface area contributed by atoms with E-state index in [0.717, 1.165) is 49.5 Å². The van der Waals surface area contributed by atoms with Crippen LogP contribution in [-0.2, 0) is 20.9 Å². The highest BCUT2D eigenvalue weighted by molar-refractivity contribution is 6.12. The second-order valence-electron chi connectivity index (χ2n) is 9.41. The van der Waals surface area contributed by atoms with Gasteiger partial charge in [0, 0.05) is 57.0 Å². The lowest BCUT2D eigenvalue weighted by molar-refractivity contribution is -0.148. The van der Waals surface area contributed by atoms with Gasteiger partial charge in [0.05, 0.1) is 6.10 Å². The maximum Gasteiger partial charge on any atom is 0.278 e. The zero-order chi connectivity index (χ0) is 27.7. The van der Waals surface area contributed by atoms with Crippen molar-refractivity contribution in [2.24, 2.45) is 0 Å². The fourth-order valence-corrected chi connectivity index (χ4v) is 4.42. The van der Waals surface area contributed by atoms with Gasteiger partial charge in [-0.3, -0.25) is 24.5 Å². The standard InChI is InChI=1S/C29H36N4O5/c1-5-38-25-16-18-33(19-17-25)20-23-10-8-21(9-11-23)6-7-22-12-14-24(15-13-22)26(34)32(4)29(2,27(35)30-3)28(36)31-37/h8-15,25,37H,5,16-20H2,1-4H3,(H,30,35)(H,31,36)/t29-/m0/s1. The van der Waals surface area contributed by atoms with Gasteiger partial charge in [-0.15, -0.1) is 0 Å². The second kappa shape index (κ2) is 13.2. The van der Waals surface area contributed by atoms with Gasteiger partial charge in [0.15, 0.2) is 5.54 Å². The topological polar surface area (TPSA) is 111 Å². The summed E-state index contributed by atoms with van der Waals surface area (Å²) in [6.45, 7) is 7.07. The Morgan fingerprint density at radius 3 is 2.08 bits per heavy atom. The number of hydrogen-bond donors (Lipinski definition) is 3. The van der Waals surface area contributed by atoms with E-state index in [4.69, 9.17) is 9.94 Å². The van der Waals surface area contributed by atoms with Crippen LogP contribution in [0.3, 0.4) is 0 Å². The smallest absolute Gasteiger partial charge is 0.278 e. The van der Waals surface area contributed by atoms with Crippen LogP contribution < -0.4 is 10.8 Å².